The second kappa shape index (κ2) is 6.72. The largest absolute Gasteiger partial charge is 0.402 e. The summed E-state index contributed by atoms with van der Waals surface area (Å²) in [5.41, 5.74) is 0.941. The van der Waals surface area contributed by atoms with E-state index in [1.165, 1.54) is 17.5 Å². The lowest BCUT2D eigenvalue weighted by molar-refractivity contribution is -0.385. The van der Waals surface area contributed by atoms with E-state index in [0.717, 1.165) is 32.5 Å². The van der Waals surface area contributed by atoms with Gasteiger partial charge in [-0.05, 0) is 50.0 Å². The van der Waals surface area contributed by atoms with E-state index in [0.29, 0.717) is 0 Å². The van der Waals surface area contributed by atoms with Crippen molar-refractivity contribution in [3.8, 4) is 0 Å². The topological polar surface area (TPSA) is 81.8 Å². The number of carbonyl (C=O) groups excluding carboxylic acids is 1. The molecule has 6 rings (SSSR count). The molecule has 6 heteroatoms. The quantitative estimate of drug-likeness (QED) is 0.121. The molecule has 0 aliphatic carbocycles. The highest BCUT2D eigenvalue weighted by molar-refractivity contribution is 6.24. The van der Waals surface area contributed by atoms with Gasteiger partial charge in [0.1, 0.15) is 5.56 Å². The molecule has 1 aliphatic heterocycles. The highest BCUT2D eigenvalue weighted by Gasteiger charge is 2.29. The number of aliphatic imine (C=N–C) groups is 1. The van der Waals surface area contributed by atoms with Crippen LogP contribution in [-0.4, -0.2) is 16.8 Å². The number of nitro benzene ring substituents is 1. The van der Waals surface area contributed by atoms with E-state index in [1.54, 1.807) is 18.2 Å². The van der Waals surface area contributed by atoms with Crippen LogP contribution in [0.5, 0.6) is 0 Å². The van der Waals surface area contributed by atoms with Crippen molar-refractivity contribution >= 4 is 55.9 Å². The maximum atomic E-state index is 12.5. The summed E-state index contributed by atoms with van der Waals surface area (Å²) in [5, 5.41) is 18.1. The van der Waals surface area contributed by atoms with E-state index >= 15 is 0 Å². The summed E-state index contributed by atoms with van der Waals surface area (Å²) < 4.78 is 5.29. The molecule has 0 unspecified atom stereocenters. The third-order valence-corrected chi connectivity index (χ3v) is 5.81. The van der Waals surface area contributed by atoms with Crippen LogP contribution in [0.3, 0.4) is 0 Å². The Morgan fingerprint density at radius 2 is 1.50 bits per heavy atom. The monoisotopic (exact) mass is 418 g/mol. The number of benzene rings is 5. The van der Waals surface area contributed by atoms with Crippen molar-refractivity contribution in [2.24, 2.45) is 4.99 Å². The predicted molar refractivity (Wildman–Crippen MR) is 124 cm³/mol. The number of hydrogen-bond acceptors (Lipinski definition) is 5. The van der Waals surface area contributed by atoms with Gasteiger partial charge in [-0.1, -0.05) is 66.7 Å². The predicted octanol–water partition coefficient (Wildman–Crippen LogP) is 5.84. The van der Waals surface area contributed by atoms with Crippen molar-refractivity contribution in [2.75, 3.05) is 0 Å². The average molecular weight is 418 g/mol. The van der Waals surface area contributed by atoms with Gasteiger partial charge in [-0.15, -0.1) is 0 Å². The van der Waals surface area contributed by atoms with E-state index in [2.05, 4.69) is 35.3 Å². The van der Waals surface area contributed by atoms with Crippen molar-refractivity contribution in [1.29, 1.82) is 0 Å². The Hall–Kier alpha value is -4.58. The first-order valence-electron chi connectivity index (χ1n) is 10.0. The Morgan fingerprint density at radius 3 is 2.28 bits per heavy atom. The van der Waals surface area contributed by atoms with Crippen LogP contribution in [0.2, 0.25) is 0 Å². The van der Waals surface area contributed by atoms with Gasteiger partial charge in [0, 0.05) is 6.07 Å². The number of nitrogens with zero attached hydrogens (tertiary/aromatic N) is 2. The van der Waals surface area contributed by atoms with Gasteiger partial charge in [-0.3, -0.25) is 10.1 Å². The van der Waals surface area contributed by atoms with Gasteiger partial charge in [-0.25, -0.2) is 9.79 Å². The fourth-order valence-electron chi connectivity index (χ4n) is 4.37. The molecule has 0 aromatic heterocycles. The molecule has 0 atom stereocenters. The summed E-state index contributed by atoms with van der Waals surface area (Å²) in [6.45, 7) is 0. The number of rotatable bonds is 3. The Bertz CT molecular complexity index is 1630. The van der Waals surface area contributed by atoms with E-state index in [1.807, 2.05) is 24.3 Å². The minimum atomic E-state index is -0.635. The second-order valence-electron chi connectivity index (χ2n) is 7.62. The van der Waals surface area contributed by atoms with Gasteiger partial charge in [-0.2, -0.15) is 0 Å². The summed E-state index contributed by atoms with van der Waals surface area (Å²) in [7, 11) is 0. The van der Waals surface area contributed by atoms with Crippen LogP contribution in [0, 0.1) is 10.1 Å². The van der Waals surface area contributed by atoms with Crippen molar-refractivity contribution in [3.63, 3.8) is 0 Å². The van der Waals surface area contributed by atoms with Gasteiger partial charge in [0.05, 0.1) is 4.92 Å². The van der Waals surface area contributed by atoms with Gasteiger partial charge in [0.15, 0.2) is 5.70 Å². The summed E-state index contributed by atoms with van der Waals surface area (Å²) >= 11 is 0. The molecular weight excluding hydrogens is 404 g/mol. The minimum Gasteiger partial charge on any atom is -0.402 e. The molecule has 0 N–H and O–H groups in total. The highest BCUT2D eigenvalue weighted by atomic mass is 16.6. The Balaban J connectivity index is 1.53. The Kier molecular flexibility index (Phi) is 3.82. The molecule has 0 fully saturated rings. The van der Waals surface area contributed by atoms with E-state index in [9.17, 15) is 14.9 Å². The molecule has 5 aromatic rings. The molecule has 0 saturated carbocycles. The lowest BCUT2D eigenvalue weighted by Crippen LogP contribution is -2.07. The standard InChI is InChI=1S/C26H14N2O4/c29-26-21(27-25(32-26)20-6-1-2-7-22(20)28(30)31)14-18-11-10-17-9-8-15-4-3-5-16-12-13-19(18)24(17)23(15)16/h1-14H/b21-14-. The van der Waals surface area contributed by atoms with Crippen molar-refractivity contribution < 1.29 is 14.5 Å². The van der Waals surface area contributed by atoms with Crippen LogP contribution in [-0.2, 0) is 9.53 Å². The number of ether oxygens (including phenoxy) is 1. The van der Waals surface area contributed by atoms with Crippen LogP contribution in [0.15, 0.2) is 89.6 Å². The minimum absolute atomic E-state index is 0.0636. The van der Waals surface area contributed by atoms with Gasteiger partial charge < -0.3 is 4.74 Å². The fraction of sp³-hybridized carbons (Fsp3) is 0. The zero-order chi connectivity index (χ0) is 21.8. The SMILES string of the molecule is O=C1OC(c2ccccc2[N+](=O)[O-])=N/C1=C\c1ccc2ccc3cccc4ccc1c2c34. The third-order valence-electron chi connectivity index (χ3n) is 5.81. The van der Waals surface area contributed by atoms with E-state index < -0.39 is 10.9 Å². The number of carbonyl (C=O) groups is 1. The van der Waals surface area contributed by atoms with Crippen molar-refractivity contribution in [1.82, 2.24) is 0 Å². The van der Waals surface area contributed by atoms with E-state index in [4.69, 9.17) is 4.74 Å². The van der Waals surface area contributed by atoms with Crippen LogP contribution in [0.1, 0.15) is 11.1 Å². The molecule has 1 aliphatic rings. The van der Waals surface area contributed by atoms with Crippen molar-refractivity contribution in [3.05, 3.63) is 106 Å². The molecule has 0 spiro atoms. The number of hydrogen-bond donors (Lipinski definition) is 0. The molecule has 0 amide bonds. The smallest absolute Gasteiger partial charge is 0.363 e. The van der Waals surface area contributed by atoms with Gasteiger partial charge in [0.25, 0.3) is 5.69 Å². The fourth-order valence-corrected chi connectivity index (χ4v) is 4.37. The molecule has 32 heavy (non-hydrogen) atoms. The van der Waals surface area contributed by atoms with Crippen LogP contribution >= 0.6 is 0 Å². The number of para-hydroxylation sites is 1. The van der Waals surface area contributed by atoms with Crippen LogP contribution in [0.4, 0.5) is 5.69 Å². The maximum Gasteiger partial charge on any atom is 0.363 e. The Labute approximate surface area is 181 Å². The molecule has 0 bridgehead atoms. The summed E-state index contributed by atoms with van der Waals surface area (Å²) in [5.74, 6) is -0.699. The molecular formula is C26H14N2O4. The lowest BCUT2D eigenvalue weighted by atomic mass is 9.92. The number of cyclic esters (lactones) is 1. The van der Waals surface area contributed by atoms with Crippen molar-refractivity contribution in [2.45, 2.75) is 0 Å². The first-order valence-corrected chi connectivity index (χ1v) is 10.0. The zero-order valence-corrected chi connectivity index (χ0v) is 16.6. The summed E-state index contributed by atoms with van der Waals surface area (Å²) in [4.78, 5) is 27.6. The molecule has 152 valence electrons. The maximum absolute atomic E-state index is 12.5. The number of nitro groups is 1. The Morgan fingerprint density at radius 1 is 0.812 bits per heavy atom. The van der Waals surface area contributed by atoms with E-state index in [-0.39, 0.29) is 22.8 Å². The first kappa shape index (κ1) is 18.2. The van der Waals surface area contributed by atoms with Gasteiger partial charge >= 0.3 is 5.97 Å². The first-order chi connectivity index (χ1) is 15.6. The van der Waals surface area contributed by atoms with Crippen LogP contribution < -0.4 is 0 Å². The molecule has 0 radical (unpaired) electrons. The molecule has 0 saturated heterocycles. The molecule has 6 nitrogen and oxygen atoms in total. The normalized spacial score (nSPS) is 15.1. The highest BCUT2D eigenvalue weighted by Crippen LogP contribution is 2.37. The second-order valence-corrected chi connectivity index (χ2v) is 7.62. The average Bonchev–Trinajstić information content (AvgIpc) is 3.18. The zero-order valence-electron chi connectivity index (χ0n) is 16.6. The van der Waals surface area contributed by atoms with Gasteiger partial charge in [0.2, 0.25) is 5.90 Å². The summed E-state index contributed by atoms with van der Waals surface area (Å²) in [6.07, 6.45) is 1.68. The number of esters is 1. The van der Waals surface area contributed by atoms with Crippen LogP contribution in [0.25, 0.3) is 38.4 Å². The molecule has 5 aromatic carbocycles. The molecule has 1 heterocycles. The lowest BCUT2D eigenvalue weighted by Gasteiger charge is -2.12. The third kappa shape index (κ3) is 2.66. The summed E-state index contributed by atoms with van der Waals surface area (Å²) in [6, 6.07) is 24.6.